The topological polar surface area (TPSA) is 92.4 Å². The molecule has 4 rings (SSSR count). The maximum Gasteiger partial charge on any atom is 0.304 e. The van der Waals surface area contributed by atoms with Crippen LogP contribution in [0.2, 0.25) is 0 Å². The summed E-state index contributed by atoms with van der Waals surface area (Å²) in [5, 5.41) is 11.3. The molecule has 2 N–H and O–H groups in total. The first kappa shape index (κ1) is 21.2. The molecule has 0 spiro atoms. The Labute approximate surface area is 186 Å². The fraction of sp³-hybridized carbons (Fsp3) is 0.292. The van der Waals surface area contributed by atoms with Gasteiger partial charge in [0, 0.05) is 29.9 Å². The van der Waals surface area contributed by atoms with E-state index < -0.39 is 0 Å². The normalized spacial score (nSPS) is 14.8. The van der Waals surface area contributed by atoms with Crippen molar-refractivity contribution in [2.24, 2.45) is 0 Å². The molecule has 1 aromatic carbocycles. The van der Waals surface area contributed by atoms with Gasteiger partial charge in [0.2, 0.25) is 0 Å². The number of rotatable bonds is 4. The van der Waals surface area contributed by atoms with E-state index in [9.17, 15) is 4.79 Å². The number of pyridine rings is 1. The van der Waals surface area contributed by atoms with Gasteiger partial charge in [-0.2, -0.15) is 5.10 Å². The monoisotopic (exact) mass is 429 g/mol. The standard InChI is InChI=1S/C24H23N5O3/c1-4-5-21(30)29(18-9-10-25-15-18)24-22-17(8-11-26-23(22)27-28-24)7-6-16-12-19(31-2)14-20(13-16)32-3/h8,11-14,18,25H,9-10,15H2,1-3H3,(H,26,27,28)/t18-/m0/s1. The minimum absolute atomic E-state index is 0.0430. The second-order valence-electron chi connectivity index (χ2n) is 7.18. The first-order valence-electron chi connectivity index (χ1n) is 10.2. The van der Waals surface area contributed by atoms with Gasteiger partial charge in [0.1, 0.15) is 11.5 Å². The Morgan fingerprint density at radius 3 is 2.62 bits per heavy atom. The zero-order valence-electron chi connectivity index (χ0n) is 18.2. The molecule has 1 amide bonds. The number of nitrogens with one attached hydrogen (secondary N) is 2. The number of aromatic nitrogens is 3. The van der Waals surface area contributed by atoms with E-state index >= 15 is 0 Å². The number of fused-ring (bicyclic) bond motifs is 1. The smallest absolute Gasteiger partial charge is 0.304 e. The van der Waals surface area contributed by atoms with Gasteiger partial charge >= 0.3 is 5.91 Å². The van der Waals surface area contributed by atoms with E-state index in [1.54, 1.807) is 38.3 Å². The van der Waals surface area contributed by atoms with Crippen LogP contribution in [0.4, 0.5) is 5.82 Å². The number of amides is 1. The summed E-state index contributed by atoms with van der Waals surface area (Å²) in [6.07, 6.45) is 2.48. The minimum atomic E-state index is -0.296. The van der Waals surface area contributed by atoms with Crippen LogP contribution in [0, 0.1) is 23.7 Å². The molecule has 32 heavy (non-hydrogen) atoms. The highest BCUT2D eigenvalue weighted by Gasteiger charge is 2.31. The highest BCUT2D eigenvalue weighted by molar-refractivity contribution is 6.10. The van der Waals surface area contributed by atoms with Crippen molar-refractivity contribution in [3.05, 3.63) is 41.6 Å². The number of carbonyl (C=O) groups is 1. The maximum atomic E-state index is 12.9. The number of nitrogens with zero attached hydrogens (tertiary/aromatic N) is 3. The largest absolute Gasteiger partial charge is 0.497 e. The lowest BCUT2D eigenvalue weighted by Crippen LogP contribution is -2.41. The third-order valence-electron chi connectivity index (χ3n) is 5.21. The highest BCUT2D eigenvalue weighted by atomic mass is 16.5. The molecule has 1 aliphatic rings. The second kappa shape index (κ2) is 9.42. The van der Waals surface area contributed by atoms with Crippen molar-refractivity contribution in [1.29, 1.82) is 0 Å². The molecule has 1 fully saturated rings. The van der Waals surface area contributed by atoms with Crippen molar-refractivity contribution in [3.63, 3.8) is 0 Å². The fourth-order valence-electron chi connectivity index (χ4n) is 3.69. The van der Waals surface area contributed by atoms with Crippen molar-refractivity contribution in [2.75, 3.05) is 32.2 Å². The lowest BCUT2D eigenvalue weighted by molar-refractivity contribution is -0.113. The summed E-state index contributed by atoms with van der Waals surface area (Å²) in [5.41, 5.74) is 2.00. The number of methoxy groups -OCH3 is 2. The summed E-state index contributed by atoms with van der Waals surface area (Å²) in [4.78, 5) is 18.9. The quantitative estimate of drug-likeness (QED) is 0.617. The third kappa shape index (κ3) is 4.22. The van der Waals surface area contributed by atoms with Gasteiger partial charge in [-0.05, 0) is 44.0 Å². The SMILES string of the molecule is CC#CC(=O)N(c1n[nH]c2nccc(C#Cc3cc(OC)cc(OC)c3)c12)[C@H]1CCNC1. The molecule has 1 aliphatic heterocycles. The van der Waals surface area contributed by atoms with Gasteiger partial charge in [0.25, 0.3) is 0 Å². The molecule has 162 valence electrons. The van der Waals surface area contributed by atoms with E-state index in [1.807, 2.05) is 18.2 Å². The molecule has 0 radical (unpaired) electrons. The number of ether oxygens (including phenoxy) is 2. The van der Waals surface area contributed by atoms with Crippen molar-refractivity contribution in [1.82, 2.24) is 20.5 Å². The molecule has 0 aliphatic carbocycles. The Bertz CT molecular complexity index is 1250. The zero-order valence-corrected chi connectivity index (χ0v) is 18.2. The molecule has 0 unspecified atom stereocenters. The van der Waals surface area contributed by atoms with Crippen LogP contribution in [-0.2, 0) is 4.79 Å². The van der Waals surface area contributed by atoms with Gasteiger partial charge in [-0.15, -0.1) is 0 Å². The molecule has 3 heterocycles. The molecule has 3 aromatic rings. The highest BCUT2D eigenvalue weighted by Crippen LogP contribution is 2.29. The van der Waals surface area contributed by atoms with E-state index in [4.69, 9.17) is 9.47 Å². The van der Waals surface area contributed by atoms with Crippen LogP contribution in [-0.4, -0.2) is 54.4 Å². The maximum absolute atomic E-state index is 12.9. The van der Waals surface area contributed by atoms with Crippen LogP contribution in [0.3, 0.4) is 0 Å². The summed E-state index contributed by atoms with van der Waals surface area (Å²) in [7, 11) is 3.19. The predicted molar refractivity (Wildman–Crippen MR) is 122 cm³/mol. The molecule has 2 aromatic heterocycles. The van der Waals surface area contributed by atoms with Gasteiger partial charge in [0.05, 0.1) is 25.6 Å². The van der Waals surface area contributed by atoms with E-state index in [1.165, 1.54) is 0 Å². The van der Waals surface area contributed by atoms with Crippen molar-refractivity contribution < 1.29 is 14.3 Å². The number of hydrogen-bond donors (Lipinski definition) is 2. The Morgan fingerprint density at radius 1 is 1.19 bits per heavy atom. The van der Waals surface area contributed by atoms with Crippen LogP contribution >= 0.6 is 0 Å². The zero-order chi connectivity index (χ0) is 22.5. The summed E-state index contributed by atoms with van der Waals surface area (Å²) >= 11 is 0. The Hall–Kier alpha value is -4.01. The fourth-order valence-corrected chi connectivity index (χ4v) is 3.69. The number of hydrogen-bond acceptors (Lipinski definition) is 6. The van der Waals surface area contributed by atoms with Crippen molar-refractivity contribution in [2.45, 2.75) is 19.4 Å². The summed E-state index contributed by atoms with van der Waals surface area (Å²) in [6.45, 7) is 3.15. The molecule has 8 heteroatoms. The molecular weight excluding hydrogens is 406 g/mol. The Balaban J connectivity index is 1.81. The van der Waals surface area contributed by atoms with Crippen LogP contribution in [0.5, 0.6) is 11.5 Å². The first-order chi connectivity index (χ1) is 15.6. The van der Waals surface area contributed by atoms with Gasteiger partial charge in [-0.25, -0.2) is 4.98 Å². The van der Waals surface area contributed by atoms with E-state index in [0.717, 1.165) is 18.5 Å². The second-order valence-corrected chi connectivity index (χ2v) is 7.18. The summed E-state index contributed by atoms with van der Waals surface area (Å²) in [5.74, 6) is 13.2. The van der Waals surface area contributed by atoms with E-state index in [2.05, 4.69) is 44.2 Å². The number of benzene rings is 1. The first-order valence-corrected chi connectivity index (χ1v) is 10.2. The van der Waals surface area contributed by atoms with Gasteiger partial charge < -0.3 is 14.8 Å². The number of H-pyrrole nitrogens is 1. The summed E-state index contributed by atoms with van der Waals surface area (Å²) in [6, 6.07) is 7.23. The summed E-state index contributed by atoms with van der Waals surface area (Å²) < 4.78 is 10.7. The lowest BCUT2D eigenvalue weighted by atomic mass is 10.1. The van der Waals surface area contributed by atoms with Crippen LogP contribution in [0.25, 0.3) is 11.0 Å². The number of carbonyl (C=O) groups excluding carboxylic acids is 1. The van der Waals surface area contributed by atoms with Crippen molar-refractivity contribution >= 4 is 22.8 Å². The average molecular weight is 429 g/mol. The molecular formula is C24H23N5O3. The Morgan fingerprint density at radius 2 is 1.97 bits per heavy atom. The van der Waals surface area contributed by atoms with Crippen molar-refractivity contribution in [3.8, 4) is 35.2 Å². The number of aromatic amines is 1. The molecule has 1 saturated heterocycles. The molecule has 8 nitrogen and oxygen atoms in total. The van der Waals surface area contributed by atoms with Crippen LogP contribution in [0.1, 0.15) is 24.5 Å². The molecule has 0 bridgehead atoms. The van der Waals surface area contributed by atoms with Gasteiger partial charge in [-0.1, -0.05) is 17.8 Å². The van der Waals surface area contributed by atoms with Gasteiger partial charge in [-0.3, -0.25) is 14.8 Å². The molecule has 0 saturated carbocycles. The molecule has 1 atom stereocenters. The third-order valence-corrected chi connectivity index (χ3v) is 5.21. The Kier molecular flexibility index (Phi) is 6.25. The average Bonchev–Trinajstić information content (AvgIpc) is 3.49. The minimum Gasteiger partial charge on any atom is -0.497 e. The van der Waals surface area contributed by atoms with Gasteiger partial charge in [0.15, 0.2) is 11.5 Å². The number of anilines is 1. The lowest BCUT2D eigenvalue weighted by Gasteiger charge is -2.24. The predicted octanol–water partition coefficient (Wildman–Crippen LogP) is 2.09. The van der Waals surface area contributed by atoms with Crippen LogP contribution < -0.4 is 19.7 Å². The van der Waals surface area contributed by atoms with E-state index in [0.29, 0.717) is 40.5 Å². The van der Waals surface area contributed by atoms with E-state index in [-0.39, 0.29) is 11.9 Å². The van der Waals surface area contributed by atoms with Crippen LogP contribution in [0.15, 0.2) is 30.5 Å².